The molecule has 7 heteroatoms. The first kappa shape index (κ1) is 22.2. The molecule has 1 heterocycles. The molecule has 0 saturated carbocycles. The number of ether oxygens (including phenoxy) is 2. The molecule has 2 amide bonds. The minimum Gasteiger partial charge on any atom is -0.491 e. The molecular formula is C21H33N3O4. The molecule has 0 bridgehead atoms. The minimum absolute atomic E-state index is 0.0663. The molecule has 1 aromatic rings. The van der Waals surface area contributed by atoms with Crippen LogP contribution in [0.15, 0.2) is 18.2 Å². The van der Waals surface area contributed by atoms with Gasteiger partial charge in [0.25, 0.3) is 5.91 Å². The number of fused-ring (bicyclic) bond motifs is 1. The van der Waals surface area contributed by atoms with Gasteiger partial charge in [0.05, 0.1) is 11.7 Å². The number of amides is 2. The lowest BCUT2D eigenvalue weighted by Crippen LogP contribution is -2.44. The lowest BCUT2D eigenvalue weighted by molar-refractivity contribution is -0.116. The van der Waals surface area contributed by atoms with Crippen molar-refractivity contribution in [2.75, 3.05) is 39.2 Å². The number of anilines is 1. The maximum Gasteiger partial charge on any atom is 0.257 e. The van der Waals surface area contributed by atoms with Crippen molar-refractivity contribution in [3.05, 3.63) is 23.8 Å². The number of hydrogen-bond donors (Lipinski definition) is 2. The molecule has 1 aliphatic heterocycles. The second-order valence-electron chi connectivity index (χ2n) is 7.57. The van der Waals surface area contributed by atoms with E-state index in [0.29, 0.717) is 36.6 Å². The lowest BCUT2D eigenvalue weighted by atomic mass is 10.0. The molecule has 0 radical (unpaired) electrons. The van der Waals surface area contributed by atoms with Crippen molar-refractivity contribution in [3.8, 4) is 5.75 Å². The van der Waals surface area contributed by atoms with Crippen LogP contribution in [-0.2, 0) is 9.53 Å². The van der Waals surface area contributed by atoms with E-state index in [1.165, 1.54) is 0 Å². The summed E-state index contributed by atoms with van der Waals surface area (Å²) in [4.78, 5) is 26.7. The molecule has 156 valence electrons. The van der Waals surface area contributed by atoms with E-state index in [1.54, 1.807) is 37.3 Å². The van der Waals surface area contributed by atoms with Crippen LogP contribution in [0.3, 0.4) is 0 Å². The van der Waals surface area contributed by atoms with Crippen LogP contribution in [0.2, 0.25) is 0 Å². The number of carbonyl (C=O) groups is 2. The van der Waals surface area contributed by atoms with Gasteiger partial charge in [-0.2, -0.15) is 0 Å². The predicted octanol–water partition coefficient (Wildman–Crippen LogP) is 2.52. The van der Waals surface area contributed by atoms with Gasteiger partial charge in [-0.1, -0.05) is 13.8 Å². The number of nitrogens with one attached hydrogen (secondary N) is 2. The van der Waals surface area contributed by atoms with Gasteiger partial charge in [-0.3, -0.25) is 9.59 Å². The zero-order chi connectivity index (χ0) is 20.7. The van der Waals surface area contributed by atoms with Crippen LogP contribution in [-0.4, -0.2) is 62.7 Å². The quantitative estimate of drug-likeness (QED) is 0.824. The third-order valence-electron chi connectivity index (χ3n) is 4.99. The van der Waals surface area contributed by atoms with E-state index in [1.807, 2.05) is 13.8 Å². The van der Waals surface area contributed by atoms with Crippen LogP contribution < -0.4 is 15.4 Å². The summed E-state index contributed by atoms with van der Waals surface area (Å²) in [6.07, 6.45) is 1.13. The van der Waals surface area contributed by atoms with Gasteiger partial charge in [-0.15, -0.1) is 0 Å². The van der Waals surface area contributed by atoms with Crippen LogP contribution in [0.4, 0.5) is 5.69 Å². The van der Waals surface area contributed by atoms with Gasteiger partial charge in [-0.25, -0.2) is 0 Å². The first-order chi connectivity index (χ1) is 13.3. The highest BCUT2D eigenvalue weighted by Gasteiger charge is 2.25. The molecule has 0 spiro atoms. The minimum atomic E-state index is -0.156. The molecule has 3 atom stereocenters. The molecule has 7 nitrogen and oxygen atoms in total. The lowest BCUT2D eigenvalue weighted by Gasteiger charge is -2.30. The molecule has 28 heavy (non-hydrogen) atoms. The summed E-state index contributed by atoms with van der Waals surface area (Å²) in [7, 11) is 3.43. The molecule has 1 aromatic carbocycles. The fourth-order valence-electron chi connectivity index (χ4n) is 3.19. The summed E-state index contributed by atoms with van der Waals surface area (Å²) in [6.45, 7) is 7.79. The maximum atomic E-state index is 13.1. The van der Waals surface area contributed by atoms with Crippen LogP contribution in [0, 0.1) is 5.92 Å². The second-order valence-corrected chi connectivity index (χ2v) is 7.57. The highest BCUT2D eigenvalue weighted by molar-refractivity contribution is 5.99. The van der Waals surface area contributed by atoms with Gasteiger partial charge >= 0.3 is 0 Å². The smallest absolute Gasteiger partial charge is 0.257 e. The van der Waals surface area contributed by atoms with Crippen molar-refractivity contribution in [1.29, 1.82) is 0 Å². The van der Waals surface area contributed by atoms with Gasteiger partial charge in [0, 0.05) is 45.4 Å². The number of benzene rings is 1. The van der Waals surface area contributed by atoms with Gasteiger partial charge in [0.2, 0.25) is 5.91 Å². The Morgan fingerprint density at radius 3 is 2.82 bits per heavy atom. The standard InChI is InChI=1S/C21H33N3O4/c1-6-7-20(25)23-16-8-9-18-17(10-16)21(26)24(4)12-19(27-5)14(2)11-22-15(3)13-28-18/h8-10,14-15,19,22H,6-7,11-13H2,1-5H3,(H,23,25)/t14-,15+,19+/m1/s1. The zero-order valence-corrected chi connectivity index (χ0v) is 17.6. The first-order valence-corrected chi connectivity index (χ1v) is 9.94. The van der Waals surface area contributed by atoms with E-state index in [4.69, 9.17) is 9.47 Å². The molecule has 0 fully saturated rings. The summed E-state index contributed by atoms with van der Waals surface area (Å²) in [6, 6.07) is 5.34. The molecule has 0 saturated heterocycles. The number of methoxy groups -OCH3 is 1. The van der Waals surface area contributed by atoms with Gasteiger partial charge in [0.1, 0.15) is 12.4 Å². The predicted molar refractivity (Wildman–Crippen MR) is 110 cm³/mol. The molecule has 0 aromatic heterocycles. The van der Waals surface area contributed by atoms with Gasteiger partial charge in [-0.05, 0) is 37.5 Å². The largest absolute Gasteiger partial charge is 0.491 e. The first-order valence-electron chi connectivity index (χ1n) is 9.94. The van der Waals surface area contributed by atoms with Crippen molar-refractivity contribution in [1.82, 2.24) is 10.2 Å². The molecule has 0 unspecified atom stereocenters. The molecule has 1 aliphatic rings. The second kappa shape index (κ2) is 10.4. The van der Waals surface area contributed by atoms with E-state index < -0.39 is 0 Å². The third-order valence-corrected chi connectivity index (χ3v) is 4.99. The Morgan fingerprint density at radius 1 is 1.39 bits per heavy atom. The Kier molecular flexibility index (Phi) is 8.26. The summed E-state index contributed by atoms with van der Waals surface area (Å²) >= 11 is 0. The zero-order valence-electron chi connectivity index (χ0n) is 17.6. The van der Waals surface area contributed by atoms with E-state index in [0.717, 1.165) is 13.0 Å². The number of nitrogens with zero attached hydrogens (tertiary/aromatic N) is 1. The highest BCUT2D eigenvalue weighted by atomic mass is 16.5. The Bertz CT molecular complexity index is 680. The van der Waals surface area contributed by atoms with E-state index in [9.17, 15) is 9.59 Å². The summed E-state index contributed by atoms with van der Waals surface area (Å²) in [5.41, 5.74) is 1.03. The van der Waals surface area contributed by atoms with E-state index >= 15 is 0 Å². The number of carbonyl (C=O) groups excluding carboxylic acids is 2. The monoisotopic (exact) mass is 391 g/mol. The molecule has 0 aliphatic carbocycles. The van der Waals surface area contributed by atoms with Crippen LogP contribution >= 0.6 is 0 Å². The highest BCUT2D eigenvalue weighted by Crippen LogP contribution is 2.25. The third kappa shape index (κ3) is 5.94. The Hall–Kier alpha value is -2.12. The summed E-state index contributed by atoms with van der Waals surface area (Å²) in [5, 5.41) is 6.31. The SMILES string of the molecule is CCCC(=O)Nc1ccc2c(c1)C(=O)N(C)C[C@H](OC)[C@H](C)CN[C@@H](C)CO2. The normalized spacial score (nSPS) is 23.8. The van der Waals surface area contributed by atoms with Crippen LogP contribution in [0.1, 0.15) is 44.0 Å². The molecule has 2 rings (SSSR count). The number of rotatable bonds is 4. The van der Waals surface area contributed by atoms with Gasteiger partial charge in [0.15, 0.2) is 0 Å². The van der Waals surface area contributed by atoms with Crippen molar-refractivity contribution >= 4 is 17.5 Å². The average molecular weight is 392 g/mol. The number of likely N-dealkylation sites (N-methyl/N-ethyl adjacent to an activating group) is 1. The van der Waals surface area contributed by atoms with Crippen LogP contribution in [0.25, 0.3) is 0 Å². The average Bonchev–Trinajstić information content (AvgIpc) is 2.67. The Balaban J connectivity index is 2.33. The van der Waals surface area contributed by atoms with E-state index in [-0.39, 0.29) is 29.9 Å². The van der Waals surface area contributed by atoms with Crippen LogP contribution in [0.5, 0.6) is 5.75 Å². The fraction of sp³-hybridized carbons (Fsp3) is 0.619. The van der Waals surface area contributed by atoms with Gasteiger partial charge < -0.3 is 25.0 Å². The molecular weight excluding hydrogens is 358 g/mol. The maximum absolute atomic E-state index is 13.1. The van der Waals surface area contributed by atoms with Crippen molar-refractivity contribution in [2.24, 2.45) is 5.92 Å². The van der Waals surface area contributed by atoms with E-state index in [2.05, 4.69) is 17.6 Å². The Morgan fingerprint density at radius 2 is 2.14 bits per heavy atom. The topological polar surface area (TPSA) is 79.9 Å². The van der Waals surface area contributed by atoms with Crippen molar-refractivity contribution < 1.29 is 19.1 Å². The fourth-order valence-corrected chi connectivity index (χ4v) is 3.19. The summed E-state index contributed by atoms with van der Waals surface area (Å²) < 4.78 is 11.6. The molecule has 2 N–H and O–H groups in total. The van der Waals surface area contributed by atoms with Crippen molar-refractivity contribution in [3.63, 3.8) is 0 Å². The van der Waals surface area contributed by atoms with Crippen molar-refractivity contribution in [2.45, 2.75) is 45.8 Å². The summed E-state index contributed by atoms with van der Waals surface area (Å²) in [5.74, 6) is 0.531. The Labute approximate surface area is 167 Å². The number of hydrogen-bond acceptors (Lipinski definition) is 5.